The number of pyridine rings is 1. The van der Waals surface area contributed by atoms with Gasteiger partial charge in [0.15, 0.2) is 0 Å². The molecule has 1 atom stereocenters. The zero-order chi connectivity index (χ0) is 13.0. The highest BCUT2D eigenvalue weighted by Gasteiger charge is 2.16. The molecule has 100 valence electrons. The van der Waals surface area contributed by atoms with Gasteiger partial charge in [0.2, 0.25) is 0 Å². The molecule has 4 nitrogen and oxygen atoms in total. The molecule has 1 fully saturated rings. The maximum atomic E-state index is 14.0. The van der Waals surface area contributed by atoms with Gasteiger partial charge in [0.05, 0.1) is 30.8 Å². The van der Waals surface area contributed by atoms with Crippen LogP contribution in [0.1, 0.15) is 25.6 Å². The van der Waals surface area contributed by atoms with Gasteiger partial charge in [0.1, 0.15) is 5.82 Å². The summed E-state index contributed by atoms with van der Waals surface area (Å²) in [5.74, 6) is -0.243. The summed E-state index contributed by atoms with van der Waals surface area (Å²) in [6.45, 7) is 7.69. The maximum absolute atomic E-state index is 14.0. The molecule has 18 heavy (non-hydrogen) atoms. The van der Waals surface area contributed by atoms with Crippen LogP contribution in [0.4, 0.5) is 10.1 Å². The quantitative estimate of drug-likeness (QED) is 0.886. The molecule has 5 heteroatoms. The number of halogens is 1. The topological polar surface area (TPSA) is 37.4 Å². The van der Waals surface area contributed by atoms with Crippen molar-refractivity contribution in [1.29, 1.82) is 0 Å². The minimum Gasteiger partial charge on any atom is -0.378 e. The number of morpholine rings is 1. The predicted molar refractivity (Wildman–Crippen MR) is 69.3 cm³/mol. The lowest BCUT2D eigenvalue weighted by molar-refractivity contribution is 0.122. The lowest BCUT2D eigenvalue weighted by atomic mass is 10.2. The van der Waals surface area contributed by atoms with Crippen LogP contribution >= 0.6 is 0 Å². The van der Waals surface area contributed by atoms with Crippen molar-refractivity contribution in [3.8, 4) is 0 Å². The van der Waals surface area contributed by atoms with Crippen LogP contribution in [-0.2, 0) is 4.74 Å². The van der Waals surface area contributed by atoms with Crippen LogP contribution in [0.5, 0.6) is 0 Å². The fourth-order valence-electron chi connectivity index (χ4n) is 2.15. The molecule has 0 aromatic carbocycles. The van der Waals surface area contributed by atoms with E-state index in [-0.39, 0.29) is 11.9 Å². The Morgan fingerprint density at radius 1 is 1.50 bits per heavy atom. The van der Waals surface area contributed by atoms with Crippen molar-refractivity contribution in [2.45, 2.75) is 19.9 Å². The van der Waals surface area contributed by atoms with Gasteiger partial charge >= 0.3 is 0 Å². The zero-order valence-corrected chi connectivity index (χ0v) is 10.9. The molecule has 1 aromatic heterocycles. The number of anilines is 1. The van der Waals surface area contributed by atoms with Crippen LogP contribution in [0, 0.1) is 5.82 Å². The van der Waals surface area contributed by atoms with E-state index in [0.29, 0.717) is 18.9 Å². The summed E-state index contributed by atoms with van der Waals surface area (Å²) >= 11 is 0. The molecular weight excluding hydrogens is 233 g/mol. The van der Waals surface area contributed by atoms with Crippen molar-refractivity contribution in [1.82, 2.24) is 10.3 Å². The first-order valence-corrected chi connectivity index (χ1v) is 6.44. The molecule has 2 rings (SSSR count). The second kappa shape index (κ2) is 6.11. The molecule has 1 unspecified atom stereocenters. The van der Waals surface area contributed by atoms with Gasteiger partial charge in [0.25, 0.3) is 0 Å². The molecular formula is C13H20FN3O. The number of nitrogens with zero attached hydrogens (tertiary/aromatic N) is 2. The summed E-state index contributed by atoms with van der Waals surface area (Å²) in [4.78, 5) is 6.35. The summed E-state index contributed by atoms with van der Waals surface area (Å²) in [5, 5.41) is 3.17. The van der Waals surface area contributed by atoms with Crippen molar-refractivity contribution in [3.63, 3.8) is 0 Å². The van der Waals surface area contributed by atoms with E-state index in [1.54, 1.807) is 12.3 Å². The van der Waals surface area contributed by atoms with Crippen LogP contribution in [0.25, 0.3) is 0 Å². The van der Waals surface area contributed by atoms with Crippen LogP contribution < -0.4 is 10.2 Å². The van der Waals surface area contributed by atoms with Crippen LogP contribution in [0.15, 0.2) is 12.3 Å². The van der Waals surface area contributed by atoms with Gasteiger partial charge in [-0.2, -0.15) is 0 Å². The van der Waals surface area contributed by atoms with Crippen molar-refractivity contribution in [2.75, 3.05) is 37.7 Å². The van der Waals surface area contributed by atoms with E-state index in [4.69, 9.17) is 4.74 Å². The smallest absolute Gasteiger partial charge is 0.148 e. The molecule has 1 aliphatic rings. The highest BCUT2D eigenvalue weighted by atomic mass is 19.1. The molecule has 1 aromatic rings. The molecule has 0 amide bonds. The number of hydrogen-bond acceptors (Lipinski definition) is 4. The Hall–Kier alpha value is -1.20. The molecule has 2 heterocycles. The van der Waals surface area contributed by atoms with Crippen LogP contribution in [0.3, 0.4) is 0 Å². The average molecular weight is 253 g/mol. The van der Waals surface area contributed by atoms with Crippen molar-refractivity contribution >= 4 is 5.69 Å². The van der Waals surface area contributed by atoms with Crippen molar-refractivity contribution < 1.29 is 9.13 Å². The molecule has 0 aliphatic carbocycles. The Kier molecular flexibility index (Phi) is 4.49. The Balaban J connectivity index is 2.13. The van der Waals surface area contributed by atoms with E-state index < -0.39 is 0 Å². The van der Waals surface area contributed by atoms with Gasteiger partial charge in [-0.1, -0.05) is 6.92 Å². The molecule has 0 saturated carbocycles. The third kappa shape index (κ3) is 2.97. The van der Waals surface area contributed by atoms with Gasteiger partial charge < -0.3 is 15.0 Å². The summed E-state index contributed by atoms with van der Waals surface area (Å²) in [6.07, 6.45) is 1.75. The fraction of sp³-hybridized carbons (Fsp3) is 0.615. The predicted octanol–water partition coefficient (Wildman–Crippen LogP) is 1.73. The Morgan fingerprint density at radius 2 is 2.22 bits per heavy atom. The van der Waals surface area contributed by atoms with Gasteiger partial charge in [-0.15, -0.1) is 0 Å². The second-order valence-corrected chi connectivity index (χ2v) is 4.44. The molecule has 1 saturated heterocycles. The molecule has 0 radical (unpaired) electrons. The van der Waals surface area contributed by atoms with Gasteiger partial charge in [-0.25, -0.2) is 4.39 Å². The lowest BCUT2D eigenvalue weighted by Crippen LogP contribution is -2.36. The number of nitrogens with one attached hydrogen (secondary N) is 1. The largest absolute Gasteiger partial charge is 0.378 e. The van der Waals surface area contributed by atoms with E-state index >= 15 is 0 Å². The standard InChI is InChI=1S/C13H20FN3O/c1-3-15-10(2)13-12(14)8-11(9-16-13)17-4-6-18-7-5-17/h8-10,15H,3-7H2,1-2H3. The average Bonchev–Trinajstić information content (AvgIpc) is 2.40. The first-order valence-electron chi connectivity index (χ1n) is 6.44. The molecule has 0 bridgehead atoms. The third-order valence-corrected chi connectivity index (χ3v) is 3.15. The monoisotopic (exact) mass is 253 g/mol. The SMILES string of the molecule is CCNC(C)c1ncc(N2CCOCC2)cc1F. The van der Waals surface area contributed by atoms with Crippen LogP contribution in [-0.4, -0.2) is 37.8 Å². The van der Waals surface area contributed by atoms with Crippen LogP contribution in [0.2, 0.25) is 0 Å². The number of ether oxygens (including phenoxy) is 1. The number of rotatable bonds is 4. The van der Waals surface area contributed by atoms with Gasteiger partial charge in [-0.3, -0.25) is 4.98 Å². The Bertz CT molecular complexity index is 394. The molecule has 0 spiro atoms. The fourth-order valence-corrected chi connectivity index (χ4v) is 2.15. The molecule has 1 aliphatic heterocycles. The Labute approximate surface area is 107 Å². The first-order chi connectivity index (χ1) is 8.72. The van der Waals surface area contributed by atoms with E-state index in [1.165, 1.54) is 0 Å². The molecule has 1 N–H and O–H groups in total. The third-order valence-electron chi connectivity index (χ3n) is 3.15. The lowest BCUT2D eigenvalue weighted by Gasteiger charge is -2.28. The van der Waals surface area contributed by atoms with Crippen molar-refractivity contribution in [2.24, 2.45) is 0 Å². The van der Waals surface area contributed by atoms with Gasteiger partial charge in [-0.05, 0) is 13.5 Å². The summed E-state index contributed by atoms with van der Waals surface area (Å²) < 4.78 is 19.3. The highest BCUT2D eigenvalue weighted by Crippen LogP contribution is 2.21. The van der Waals surface area contributed by atoms with Gasteiger partial charge in [0, 0.05) is 25.2 Å². The summed E-state index contributed by atoms with van der Waals surface area (Å²) in [7, 11) is 0. The minimum atomic E-state index is -0.243. The highest BCUT2D eigenvalue weighted by molar-refractivity contribution is 5.45. The first kappa shape index (κ1) is 13.2. The zero-order valence-electron chi connectivity index (χ0n) is 10.9. The van der Waals surface area contributed by atoms with E-state index in [2.05, 4.69) is 15.2 Å². The summed E-state index contributed by atoms with van der Waals surface area (Å²) in [6, 6.07) is 1.51. The Morgan fingerprint density at radius 3 is 2.83 bits per heavy atom. The second-order valence-electron chi connectivity index (χ2n) is 4.44. The maximum Gasteiger partial charge on any atom is 0.148 e. The minimum absolute atomic E-state index is 0.0614. The van der Waals surface area contributed by atoms with E-state index in [0.717, 1.165) is 25.3 Å². The van der Waals surface area contributed by atoms with E-state index in [1.807, 2.05) is 13.8 Å². The number of hydrogen-bond donors (Lipinski definition) is 1. The normalized spacial score (nSPS) is 17.8. The number of aromatic nitrogens is 1. The van der Waals surface area contributed by atoms with Crippen molar-refractivity contribution in [3.05, 3.63) is 23.8 Å². The summed E-state index contributed by atoms with van der Waals surface area (Å²) in [5.41, 5.74) is 1.32. The van der Waals surface area contributed by atoms with E-state index in [9.17, 15) is 4.39 Å².